The number of hydrogen-bond acceptors (Lipinski definition) is 5. The maximum absolute atomic E-state index is 14.2. The maximum Gasteiger partial charge on any atom is 0.261 e. The van der Waals surface area contributed by atoms with Crippen LogP contribution < -0.4 is 10.4 Å². The molecule has 190 valence electrons. The molecule has 0 N–H and O–H groups in total. The van der Waals surface area contributed by atoms with E-state index in [1.807, 2.05) is 26.0 Å². The Morgan fingerprint density at radius 2 is 1.43 bits per heavy atom. The Morgan fingerprint density at radius 3 is 1.80 bits per heavy atom. The highest BCUT2D eigenvalue weighted by Crippen LogP contribution is 2.60. The number of rotatable bonds is 8. The molecule has 2 aliphatic carbocycles. The highest BCUT2D eigenvalue weighted by molar-refractivity contribution is 7.94. The molecule has 7 heteroatoms. The van der Waals surface area contributed by atoms with Crippen LogP contribution in [0.15, 0.2) is 60.7 Å². The molecular formula is C28H38O5SSi. The zero-order valence-corrected chi connectivity index (χ0v) is 23.4. The monoisotopic (exact) mass is 514 g/mol. The predicted molar refractivity (Wildman–Crippen MR) is 141 cm³/mol. The first-order valence-electron chi connectivity index (χ1n) is 12.7. The van der Waals surface area contributed by atoms with Crippen LogP contribution in [0.1, 0.15) is 60.3 Å². The van der Waals surface area contributed by atoms with Gasteiger partial charge < -0.3 is 13.9 Å². The van der Waals surface area contributed by atoms with Gasteiger partial charge in [-0.2, -0.15) is 0 Å². The minimum Gasteiger partial charge on any atom is -0.406 e. The SMILES string of the molecule is CC1(C)OCC(C2(S(=O)(=O)C3(CO[Si](c4ccccc4)(c4ccccc4)C(C)(C)C)CC3)CC2)O1. The van der Waals surface area contributed by atoms with E-state index in [4.69, 9.17) is 13.9 Å². The molecule has 5 nitrogen and oxygen atoms in total. The third-order valence-electron chi connectivity index (χ3n) is 8.22. The molecule has 35 heavy (non-hydrogen) atoms. The molecule has 1 atom stereocenters. The lowest BCUT2D eigenvalue weighted by molar-refractivity contribution is -0.139. The summed E-state index contributed by atoms with van der Waals surface area (Å²) in [7, 11) is -6.30. The van der Waals surface area contributed by atoms with Crippen molar-refractivity contribution in [2.45, 2.75) is 86.7 Å². The van der Waals surface area contributed by atoms with Crippen molar-refractivity contribution in [1.82, 2.24) is 0 Å². The molecule has 0 spiro atoms. The van der Waals surface area contributed by atoms with Crippen molar-refractivity contribution in [1.29, 1.82) is 0 Å². The summed E-state index contributed by atoms with van der Waals surface area (Å²) in [5, 5.41) is 2.14. The number of hydrogen-bond donors (Lipinski definition) is 0. The van der Waals surface area contributed by atoms with Crippen LogP contribution in [-0.4, -0.2) is 51.3 Å². The molecule has 3 fully saturated rings. The second kappa shape index (κ2) is 8.25. The van der Waals surface area contributed by atoms with Crippen molar-refractivity contribution in [2.75, 3.05) is 13.2 Å². The number of sulfone groups is 1. The van der Waals surface area contributed by atoms with Gasteiger partial charge in [-0.1, -0.05) is 81.4 Å². The highest BCUT2D eigenvalue weighted by Gasteiger charge is 2.72. The first kappa shape index (κ1) is 25.1. The second-order valence-corrected chi connectivity index (χ2v) is 19.0. The van der Waals surface area contributed by atoms with E-state index in [0.717, 1.165) is 0 Å². The lowest BCUT2D eigenvalue weighted by Crippen LogP contribution is -2.67. The largest absolute Gasteiger partial charge is 0.406 e. The fourth-order valence-electron chi connectivity index (χ4n) is 5.90. The summed E-state index contributed by atoms with van der Waals surface area (Å²) < 4.78 is 45.7. The van der Waals surface area contributed by atoms with Gasteiger partial charge in [0.2, 0.25) is 0 Å². The van der Waals surface area contributed by atoms with E-state index >= 15 is 0 Å². The molecule has 2 saturated carbocycles. The van der Waals surface area contributed by atoms with Gasteiger partial charge in [-0.25, -0.2) is 8.42 Å². The third kappa shape index (κ3) is 3.95. The van der Waals surface area contributed by atoms with Gasteiger partial charge in [0.15, 0.2) is 15.6 Å². The van der Waals surface area contributed by atoms with E-state index < -0.39 is 39.5 Å². The average Bonchev–Trinajstić information content (AvgIpc) is 3.73. The normalized spacial score (nSPS) is 24.8. The molecule has 5 rings (SSSR count). The zero-order chi connectivity index (χ0) is 25.2. The van der Waals surface area contributed by atoms with Crippen LogP contribution in [0.25, 0.3) is 0 Å². The molecule has 0 radical (unpaired) electrons. The minimum absolute atomic E-state index is 0.195. The van der Waals surface area contributed by atoms with Crippen LogP contribution in [0.3, 0.4) is 0 Å². The summed E-state index contributed by atoms with van der Waals surface area (Å²) in [6.45, 7) is 10.9. The van der Waals surface area contributed by atoms with Crippen molar-refractivity contribution in [2.24, 2.45) is 0 Å². The Balaban J connectivity index is 1.50. The topological polar surface area (TPSA) is 61.8 Å². The summed E-state index contributed by atoms with van der Waals surface area (Å²) >= 11 is 0. The van der Waals surface area contributed by atoms with Crippen molar-refractivity contribution >= 4 is 28.5 Å². The molecule has 1 aliphatic heterocycles. The van der Waals surface area contributed by atoms with Gasteiger partial charge in [0.25, 0.3) is 8.32 Å². The molecule has 3 aliphatic rings. The number of ether oxygens (including phenoxy) is 2. The van der Waals surface area contributed by atoms with Gasteiger partial charge in [-0.15, -0.1) is 0 Å². The standard InChI is InChI=1S/C28H38O5SSi/c1-25(2,3)35(22-12-8-6-9-13-22,23-14-10-7-11-15-23)32-21-27(16-17-27)34(29,30)28(18-19-28)24-20-31-26(4,5)33-24/h6-15,24H,16-21H2,1-5H3. The van der Waals surface area contributed by atoms with Gasteiger partial charge in [-0.05, 0) is 54.9 Å². The van der Waals surface area contributed by atoms with E-state index in [-0.39, 0.29) is 11.6 Å². The van der Waals surface area contributed by atoms with Crippen LogP contribution in [0.2, 0.25) is 5.04 Å². The first-order valence-corrected chi connectivity index (χ1v) is 16.1. The van der Waals surface area contributed by atoms with Gasteiger partial charge in [0, 0.05) is 0 Å². The van der Waals surface area contributed by atoms with Crippen molar-refractivity contribution in [3.63, 3.8) is 0 Å². The average molecular weight is 515 g/mol. The van der Waals surface area contributed by atoms with E-state index in [0.29, 0.717) is 32.3 Å². The quantitative estimate of drug-likeness (QED) is 0.494. The van der Waals surface area contributed by atoms with Crippen LogP contribution >= 0.6 is 0 Å². The summed E-state index contributed by atoms with van der Waals surface area (Å²) in [5.41, 5.74) is 0. The van der Waals surface area contributed by atoms with E-state index in [2.05, 4.69) is 69.3 Å². The Bertz CT molecular complexity index is 1120. The molecule has 1 saturated heterocycles. The smallest absolute Gasteiger partial charge is 0.261 e. The van der Waals surface area contributed by atoms with Crippen LogP contribution in [0.5, 0.6) is 0 Å². The van der Waals surface area contributed by atoms with Crippen molar-refractivity contribution in [3.05, 3.63) is 60.7 Å². The summed E-state index contributed by atoms with van der Waals surface area (Å²) in [6, 6.07) is 20.8. The summed E-state index contributed by atoms with van der Waals surface area (Å²) in [4.78, 5) is 0. The molecule has 0 amide bonds. The number of benzene rings is 2. The minimum atomic E-state index is -3.49. The van der Waals surface area contributed by atoms with E-state index in [1.54, 1.807) is 0 Å². The van der Waals surface area contributed by atoms with Crippen molar-refractivity contribution in [3.8, 4) is 0 Å². The molecule has 1 heterocycles. The van der Waals surface area contributed by atoms with Crippen LogP contribution in [0, 0.1) is 0 Å². The molecule has 0 bridgehead atoms. The molecule has 2 aromatic carbocycles. The maximum atomic E-state index is 14.2. The fraction of sp³-hybridized carbons (Fsp3) is 0.571. The lowest BCUT2D eigenvalue weighted by atomic mass is 10.2. The predicted octanol–water partition coefficient (Wildman–Crippen LogP) is 4.19. The van der Waals surface area contributed by atoms with E-state index in [1.165, 1.54) is 10.4 Å². The molecule has 2 aromatic rings. The van der Waals surface area contributed by atoms with Gasteiger partial charge in [0.05, 0.1) is 18.0 Å². The van der Waals surface area contributed by atoms with Gasteiger partial charge >= 0.3 is 0 Å². The van der Waals surface area contributed by atoms with Crippen LogP contribution in [-0.2, 0) is 23.7 Å². The second-order valence-electron chi connectivity index (χ2n) is 12.0. The Kier molecular flexibility index (Phi) is 5.93. The summed E-state index contributed by atoms with van der Waals surface area (Å²) in [6.07, 6.45) is 2.16. The third-order valence-corrected chi connectivity index (χ3v) is 16.6. The zero-order valence-electron chi connectivity index (χ0n) is 21.5. The molecular weight excluding hydrogens is 476 g/mol. The molecule has 0 aromatic heterocycles. The van der Waals surface area contributed by atoms with Gasteiger partial charge in [0.1, 0.15) is 10.9 Å². The van der Waals surface area contributed by atoms with Gasteiger partial charge in [-0.3, -0.25) is 0 Å². The fourth-order valence-corrected chi connectivity index (χ4v) is 13.5. The molecule has 1 unspecified atom stereocenters. The summed E-state index contributed by atoms with van der Waals surface area (Å²) in [5.74, 6) is -0.738. The Labute approximate surface area is 211 Å². The highest BCUT2D eigenvalue weighted by atomic mass is 32.2. The van der Waals surface area contributed by atoms with E-state index in [9.17, 15) is 8.42 Å². The first-order chi connectivity index (χ1) is 16.4. The Hall–Kier alpha value is -1.51. The Morgan fingerprint density at radius 1 is 0.914 bits per heavy atom. The van der Waals surface area contributed by atoms with Crippen LogP contribution in [0.4, 0.5) is 0 Å². The van der Waals surface area contributed by atoms with Crippen molar-refractivity contribution < 1.29 is 22.3 Å². The lowest BCUT2D eigenvalue weighted by Gasteiger charge is -2.44.